The van der Waals surface area contributed by atoms with E-state index in [4.69, 9.17) is 0 Å². The van der Waals surface area contributed by atoms with Gasteiger partial charge in [-0.1, -0.05) is 0 Å². The van der Waals surface area contributed by atoms with Gasteiger partial charge in [-0.3, -0.25) is 9.79 Å². The van der Waals surface area contributed by atoms with E-state index in [0.29, 0.717) is 0 Å². The zero-order valence-corrected chi connectivity index (χ0v) is 6.87. The molecule has 0 aromatic rings. The van der Waals surface area contributed by atoms with Crippen molar-refractivity contribution in [3.8, 4) is 0 Å². The van der Waals surface area contributed by atoms with Crippen LogP contribution in [0.4, 0.5) is 0 Å². The first-order chi connectivity index (χ1) is 5.77. The van der Waals surface area contributed by atoms with Crippen LogP contribution in [-0.2, 0) is 4.79 Å². The smallest absolute Gasteiger partial charge is 0.232 e. The predicted octanol–water partition coefficient (Wildman–Crippen LogP) is 0.995. The maximum Gasteiger partial charge on any atom is 0.232 e. The van der Waals surface area contributed by atoms with Gasteiger partial charge in [-0.05, 0) is 25.0 Å². The van der Waals surface area contributed by atoms with Crippen LogP contribution in [0.25, 0.3) is 0 Å². The van der Waals surface area contributed by atoms with Gasteiger partial charge in [0.1, 0.15) is 0 Å². The first kappa shape index (κ1) is 7.28. The second-order valence-electron chi connectivity index (χ2n) is 3.07. The van der Waals surface area contributed by atoms with Gasteiger partial charge < -0.3 is 5.32 Å². The van der Waals surface area contributed by atoms with Crippen molar-refractivity contribution in [2.24, 2.45) is 10.9 Å². The second-order valence-corrected chi connectivity index (χ2v) is 3.07. The van der Waals surface area contributed by atoms with Crippen molar-refractivity contribution >= 4 is 12.1 Å². The van der Waals surface area contributed by atoms with Gasteiger partial charge in [0.05, 0.1) is 5.92 Å². The van der Waals surface area contributed by atoms with E-state index in [1.807, 2.05) is 13.0 Å². The van der Waals surface area contributed by atoms with E-state index in [9.17, 15) is 4.79 Å². The third-order valence-corrected chi connectivity index (χ3v) is 2.09. The Morgan fingerprint density at radius 3 is 3.33 bits per heavy atom. The molecule has 2 rings (SSSR count). The Hall–Kier alpha value is -1.38. The molecule has 12 heavy (non-hydrogen) atoms. The summed E-state index contributed by atoms with van der Waals surface area (Å²) in [4.78, 5) is 15.4. The number of nitrogens with zero attached hydrogens (tertiary/aromatic N) is 1. The van der Waals surface area contributed by atoms with E-state index in [1.165, 1.54) is 0 Å². The maximum atomic E-state index is 11.4. The normalized spacial score (nSPS) is 27.1. The molecule has 0 spiro atoms. The number of nitrogens with one attached hydrogen (secondary N) is 1. The number of allylic oxidation sites excluding steroid dienone is 2. The molecule has 0 saturated heterocycles. The number of rotatable bonds is 0. The lowest BCUT2D eigenvalue weighted by atomic mass is 9.91. The van der Waals surface area contributed by atoms with E-state index < -0.39 is 0 Å². The molecule has 1 atom stereocenters. The number of hydrogen-bond acceptors (Lipinski definition) is 2. The molecule has 0 saturated carbocycles. The summed E-state index contributed by atoms with van der Waals surface area (Å²) in [5.41, 5.74) is 1.93. The highest BCUT2D eigenvalue weighted by Crippen LogP contribution is 2.24. The van der Waals surface area contributed by atoms with Crippen molar-refractivity contribution in [2.75, 3.05) is 0 Å². The minimum absolute atomic E-state index is 0.00815. The molecule has 0 aromatic carbocycles. The van der Waals surface area contributed by atoms with Crippen molar-refractivity contribution in [3.63, 3.8) is 0 Å². The predicted molar refractivity (Wildman–Crippen MR) is 46.6 cm³/mol. The second kappa shape index (κ2) is 2.59. The largest absolute Gasteiger partial charge is 0.330 e. The summed E-state index contributed by atoms with van der Waals surface area (Å²) in [6, 6.07) is 0. The SMILES string of the molecule is CC1=CC2=CN=CCC2C(=O)N1. The standard InChI is InChI=1S/C9H10N2O/c1-6-4-7-5-10-3-2-8(7)9(12)11-6/h3-5,8H,2H2,1H3,(H,11,12). The molecule has 0 bridgehead atoms. The molecule has 0 fully saturated rings. The highest BCUT2D eigenvalue weighted by molar-refractivity contribution is 5.88. The van der Waals surface area contributed by atoms with Crippen molar-refractivity contribution in [1.82, 2.24) is 5.32 Å². The number of carbonyl (C=O) groups is 1. The average Bonchev–Trinajstić information content (AvgIpc) is 2.04. The van der Waals surface area contributed by atoms with Gasteiger partial charge in [0, 0.05) is 18.1 Å². The van der Waals surface area contributed by atoms with Gasteiger partial charge in [-0.25, -0.2) is 0 Å². The van der Waals surface area contributed by atoms with Crippen LogP contribution in [0.2, 0.25) is 0 Å². The molecule has 1 N–H and O–H groups in total. The van der Waals surface area contributed by atoms with Crippen LogP contribution >= 0.6 is 0 Å². The molecule has 1 unspecified atom stereocenters. The summed E-state index contributed by atoms with van der Waals surface area (Å²) in [6.45, 7) is 1.88. The van der Waals surface area contributed by atoms with Gasteiger partial charge >= 0.3 is 0 Å². The molecule has 0 aliphatic carbocycles. The third-order valence-electron chi connectivity index (χ3n) is 2.09. The van der Waals surface area contributed by atoms with Gasteiger partial charge in [0.2, 0.25) is 5.91 Å². The molecule has 0 radical (unpaired) electrons. The van der Waals surface area contributed by atoms with Crippen molar-refractivity contribution in [3.05, 3.63) is 23.5 Å². The number of amides is 1. The highest BCUT2D eigenvalue weighted by Gasteiger charge is 2.26. The van der Waals surface area contributed by atoms with Crippen LogP contribution in [0.3, 0.4) is 0 Å². The highest BCUT2D eigenvalue weighted by atomic mass is 16.1. The molecule has 2 aliphatic rings. The van der Waals surface area contributed by atoms with E-state index in [1.54, 1.807) is 12.4 Å². The Morgan fingerprint density at radius 1 is 1.67 bits per heavy atom. The molecule has 2 heterocycles. The summed E-state index contributed by atoms with van der Waals surface area (Å²) in [7, 11) is 0. The molecule has 0 aromatic heterocycles. The first-order valence-corrected chi connectivity index (χ1v) is 3.98. The fraction of sp³-hybridized carbons (Fsp3) is 0.333. The van der Waals surface area contributed by atoms with E-state index >= 15 is 0 Å². The third kappa shape index (κ3) is 1.07. The Kier molecular flexibility index (Phi) is 1.57. The quantitative estimate of drug-likeness (QED) is 0.567. The van der Waals surface area contributed by atoms with E-state index in [0.717, 1.165) is 17.7 Å². The minimum atomic E-state index is -0.00815. The summed E-state index contributed by atoms with van der Waals surface area (Å²) in [6.07, 6.45) is 6.24. The number of fused-ring (bicyclic) bond motifs is 1. The Bertz CT molecular complexity index is 310. The maximum absolute atomic E-state index is 11.4. The number of aliphatic imine (C=N–C) groups is 1. The average molecular weight is 162 g/mol. The van der Waals surface area contributed by atoms with Crippen LogP contribution in [0.5, 0.6) is 0 Å². The van der Waals surface area contributed by atoms with Crippen molar-refractivity contribution < 1.29 is 4.79 Å². The summed E-state index contributed by atoms with van der Waals surface area (Å²) in [5.74, 6) is 0.0820. The molecule has 1 amide bonds. The molecule has 2 aliphatic heterocycles. The van der Waals surface area contributed by atoms with Gasteiger partial charge in [0.25, 0.3) is 0 Å². The Labute approximate surface area is 70.9 Å². The fourth-order valence-electron chi connectivity index (χ4n) is 1.49. The lowest BCUT2D eigenvalue weighted by Gasteiger charge is -2.23. The zero-order valence-electron chi connectivity index (χ0n) is 6.87. The summed E-state index contributed by atoms with van der Waals surface area (Å²) < 4.78 is 0. The van der Waals surface area contributed by atoms with Crippen LogP contribution in [0.15, 0.2) is 28.5 Å². The van der Waals surface area contributed by atoms with Crippen LogP contribution in [-0.4, -0.2) is 12.1 Å². The fourth-order valence-corrected chi connectivity index (χ4v) is 1.49. The van der Waals surface area contributed by atoms with Crippen molar-refractivity contribution in [2.45, 2.75) is 13.3 Å². The lowest BCUT2D eigenvalue weighted by molar-refractivity contribution is -0.123. The van der Waals surface area contributed by atoms with E-state index in [2.05, 4.69) is 10.3 Å². The van der Waals surface area contributed by atoms with Crippen molar-refractivity contribution in [1.29, 1.82) is 0 Å². The van der Waals surface area contributed by atoms with Crippen LogP contribution in [0, 0.1) is 5.92 Å². The molecular weight excluding hydrogens is 152 g/mol. The van der Waals surface area contributed by atoms with E-state index in [-0.39, 0.29) is 11.8 Å². The lowest BCUT2D eigenvalue weighted by Crippen LogP contribution is -2.35. The number of carbonyl (C=O) groups excluding carboxylic acids is 1. The summed E-state index contributed by atoms with van der Waals surface area (Å²) >= 11 is 0. The zero-order chi connectivity index (χ0) is 8.55. The molecule has 3 heteroatoms. The Balaban J connectivity index is 2.39. The van der Waals surface area contributed by atoms with Gasteiger partial charge in [-0.2, -0.15) is 0 Å². The van der Waals surface area contributed by atoms with Gasteiger partial charge in [0.15, 0.2) is 0 Å². The minimum Gasteiger partial charge on any atom is -0.330 e. The van der Waals surface area contributed by atoms with Crippen LogP contribution in [0.1, 0.15) is 13.3 Å². The first-order valence-electron chi connectivity index (χ1n) is 3.98. The topological polar surface area (TPSA) is 41.5 Å². The van der Waals surface area contributed by atoms with Crippen LogP contribution < -0.4 is 5.32 Å². The molecule has 3 nitrogen and oxygen atoms in total. The molecule has 62 valence electrons. The monoisotopic (exact) mass is 162 g/mol. The summed E-state index contributed by atoms with van der Waals surface area (Å²) in [5, 5.41) is 2.80. The van der Waals surface area contributed by atoms with Gasteiger partial charge in [-0.15, -0.1) is 0 Å². The number of hydrogen-bond donors (Lipinski definition) is 1. The Morgan fingerprint density at radius 2 is 2.50 bits per heavy atom. The molecular formula is C9H10N2O.